The van der Waals surface area contributed by atoms with Crippen molar-refractivity contribution in [2.24, 2.45) is 0 Å². The van der Waals surface area contributed by atoms with Crippen molar-refractivity contribution in [2.75, 3.05) is 13.1 Å². The average Bonchev–Trinajstić information content (AvgIpc) is 2.40. The van der Waals surface area contributed by atoms with E-state index in [9.17, 15) is 9.18 Å². The average molecular weight is 324 g/mol. The van der Waals surface area contributed by atoms with Gasteiger partial charge in [0, 0.05) is 25.7 Å². The number of carbonyl (C=O) groups excluding carboxylic acids is 1. The number of ether oxygens (including phenoxy) is 1. The molecule has 1 aromatic rings. The lowest BCUT2D eigenvalue weighted by atomic mass is 10.1. The molecule has 0 atom stereocenters. The Labute approximate surface area is 139 Å². The molecule has 1 amide bonds. The molecule has 0 aromatic heterocycles. The van der Waals surface area contributed by atoms with Gasteiger partial charge in [-0.1, -0.05) is 12.1 Å². The molecule has 0 aliphatic rings. The largest absolute Gasteiger partial charge is 0.444 e. The number of nitrogens with zero attached hydrogens (tertiary/aromatic N) is 1. The van der Waals surface area contributed by atoms with Gasteiger partial charge < -0.3 is 15.0 Å². The number of hydrogen-bond donors (Lipinski definition) is 1. The van der Waals surface area contributed by atoms with Gasteiger partial charge in [-0.3, -0.25) is 0 Å². The Balaban J connectivity index is 2.47. The van der Waals surface area contributed by atoms with E-state index in [1.165, 1.54) is 6.07 Å². The summed E-state index contributed by atoms with van der Waals surface area (Å²) < 4.78 is 18.9. The molecule has 0 fully saturated rings. The zero-order chi connectivity index (χ0) is 17.6. The molecular formula is C18H29FN2O2. The minimum Gasteiger partial charge on any atom is -0.444 e. The summed E-state index contributed by atoms with van der Waals surface area (Å²) in [6.07, 6.45) is -0.310. The number of halogens is 1. The minimum absolute atomic E-state index is 0.0588. The molecular weight excluding hydrogens is 295 g/mol. The number of benzene rings is 1. The molecule has 23 heavy (non-hydrogen) atoms. The van der Waals surface area contributed by atoms with Gasteiger partial charge in [0.05, 0.1) is 0 Å². The fourth-order valence-corrected chi connectivity index (χ4v) is 2.06. The highest BCUT2D eigenvalue weighted by molar-refractivity contribution is 5.68. The number of hydrogen-bond acceptors (Lipinski definition) is 3. The van der Waals surface area contributed by atoms with Gasteiger partial charge in [0.15, 0.2) is 0 Å². The predicted octanol–water partition coefficient (Wildman–Crippen LogP) is 3.87. The van der Waals surface area contributed by atoms with Gasteiger partial charge in [-0.15, -0.1) is 0 Å². The van der Waals surface area contributed by atoms with Gasteiger partial charge in [0.1, 0.15) is 11.4 Å². The molecule has 0 spiro atoms. The maximum absolute atomic E-state index is 13.5. The monoisotopic (exact) mass is 324 g/mol. The van der Waals surface area contributed by atoms with Crippen molar-refractivity contribution >= 4 is 6.09 Å². The highest BCUT2D eigenvalue weighted by atomic mass is 19.1. The first-order valence-corrected chi connectivity index (χ1v) is 8.05. The van der Waals surface area contributed by atoms with E-state index in [2.05, 4.69) is 5.32 Å². The second-order valence-corrected chi connectivity index (χ2v) is 7.03. The van der Waals surface area contributed by atoms with Crippen molar-refractivity contribution in [2.45, 2.75) is 59.7 Å². The van der Waals surface area contributed by atoms with Crippen LogP contribution in [-0.2, 0) is 11.3 Å². The standard InChI is InChI=1S/C18H29FN2O2/c1-13(2)21(17(22)23-18(4,5)6)10-9-20-12-15-8-7-14(3)16(19)11-15/h7-8,11,13,20H,9-10,12H2,1-6H3. The summed E-state index contributed by atoms with van der Waals surface area (Å²) in [7, 11) is 0. The summed E-state index contributed by atoms with van der Waals surface area (Å²) in [5.74, 6) is -0.193. The first-order chi connectivity index (χ1) is 10.6. The smallest absolute Gasteiger partial charge is 0.410 e. The van der Waals surface area contributed by atoms with E-state index < -0.39 is 5.60 Å². The number of amides is 1. The van der Waals surface area contributed by atoms with Crippen LogP contribution in [0.15, 0.2) is 18.2 Å². The molecule has 0 aliphatic heterocycles. The molecule has 0 unspecified atom stereocenters. The first kappa shape index (κ1) is 19.4. The van der Waals surface area contributed by atoms with Crippen LogP contribution < -0.4 is 5.32 Å². The molecule has 1 rings (SSSR count). The van der Waals surface area contributed by atoms with Crippen molar-refractivity contribution in [3.05, 3.63) is 35.1 Å². The van der Waals surface area contributed by atoms with Crippen molar-refractivity contribution in [3.8, 4) is 0 Å². The van der Waals surface area contributed by atoms with Crippen LogP contribution in [0.4, 0.5) is 9.18 Å². The minimum atomic E-state index is -0.503. The Morgan fingerprint density at radius 1 is 1.35 bits per heavy atom. The Kier molecular flexibility index (Phi) is 7.01. The van der Waals surface area contributed by atoms with Crippen LogP contribution >= 0.6 is 0 Å². The van der Waals surface area contributed by atoms with Gasteiger partial charge in [-0.05, 0) is 58.7 Å². The summed E-state index contributed by atoms with van der Waals surface area (Å²) in [6.45, 7) is 13.0. The highest BCUT2D eigenvalue weighted by Crippen LogP contribution is 2.12. The zero-order valence-corrected chi connectivity index (χ0v) is 15.1. The third-order valence-corrected chi connectivity index (χ3v) is 3.35. The predicted molar refractivity (Wildman–Crippen MR) is 90.9 cm³/mol. The first-order valence-electron chi connectivity index (χ1n) is 8.05. The van der Waals surface area contributed by atoms with Crippen LogP contribution in [-0.4, -0.2) is 35.7 Å². The number of rotatable bonds is 6. The maximum Gasteiger partial charge on any atom is 0.410 e. The molecule has 1 aromatic carbocycles. The van der Waals surface area contributed by atoms with E-state index in [0.29, 0.717) is 25.2 Å². The number of aryl methyl sites for hydroxylation is 1. The molecule has 0 saturated heterocycles. The molecule has 4 nitrogen and oxygen atoms in total. The van der Waals surface area contributed by atoms with Crippen LogP contribution in [0.5, 0.6) is 0 Å². The Hall–Kier alpha value is -1.62. The second kappa shape index (κ2) is 8.29. The van der Waals surface area contributed by atoms with Crippen LogP contribution in [0, 0.1) is 12.7 Å². The van der Waals surface area contributed by atoms with E-state index in [1.807, 2.05) is 40.7 Å². The van der Waals surface area contributed by atoms with E-state index in [4.69, 9.17) is 4.74 Å². The fourth-order valence-electron chi connectivity index (χ4n) is 2.06. The number of carbonyl (C=O) groups is 1. The van der Waals surface area contributed by atoms with Gasteiger partial charge in [0.2, 0.25) is 0 Å². The molecule has 0 radical (unpaired) electrons. The quantitative estimate of drug-likeness (QED) is 0.808. The van der Waals surface area contributed by atoms with Crippen molar-refractivity contribution in [1.82, 2.24) is 10.2 Å². The lowest BCUT2D eigenvalue weighted by Crippen LogP contribution is -2.44. The molecule has 0 saturated carbocycles. The topological polar surface area (TPSA) is 41.6 Å². The molecule has 1 N–H and O–H groups in total. The summed E-state index contributed by atoms with van der Waals surface area (Å²) in [5, 5.41) is 3.24. The van der Waals surface area contributed by atoms with Crippen LogP contribution in [0.2, 0.25) is 0 Å². The Morgan fingerprint density at radius 2 is 2.00 bits per heavy atom. The molecule has 0 heterocycles. The van der Waals surface area contributed by atoms with Gasteiger partial charge in [0.25, 0.3) is 0 Å². The van der Waals surface area contributed by atoms with E-state index in [0.717, 1.165) is 5.56 Å². The number of nitrogens with one attached hydrogen (secondary N) is 1. The lowest BCUT2D eigenvalue weighted by molar-refractivity contribution is 0.0193. The maximum atomic E-state index is 13.5. The molecule has 5 heteroatoms. The molecule has 0 bridgehead atoms. The molecule has 0 aliphatic carbocycles. The summed E-state index contributed by atoms with van der Waals surface area (Å²) >= 11 is 0. The Bertz CT molecular complexity index is 524. The zero-order valence-electron chi connectivity index (χ0n) is 15.1. The van der Waals surface area contributed by atoms with Crippen molar-refractivity contribution in [1.29, 1.82) is 0 Å². The normalized spacial score (nSPS) is 11.7. The van der Waals surface area contributed by atoms with Gasteiger partial charge >= 0.3 is 6.09 Å². The van der Waals surface area contributed by atoms with Crippen LogP contribution in [0.3, 0.4) is 0 Å². The Morgan fingerprint density at radius 3 is 2.52 bits per heavy atom. The van der Waals surface area contributed by atoms with Gasteiger partial charge in [-0.25, -0.2) is 9.18 Å². The molecule has 130 valence electrons. The SMILES string of the molecule is Cc1ccc(CNCCN(C(=O)OC(C)(C)C)C(C)C)cc1F. The fraction of sp³-hybridized carbons (Fsp3) is 0.611. The highest BCUT2D eigenvalue weighted by Gasteiger charge is 2.23. The van der Waals surface area contributed by atoms with Gasteiger partial charge in [-0.2, -0.15) is 0 Å². The van der Waals surface area contributed by atoms with E-state index in [1.54, 1.807) is 17.9 Å². The van der Waals surface area contributed by atoms with E-state index in [-0.39, 0.29) is 18.0 Å². The summed E-state index contributed by atoms with van der Waals surface area (Å²) in [6, 6.07) is 5.27. The van der Waals surface area contributed by atoms with Crippen molar-refractivity contribution in [3.63, 3.8) is 0 Å². The second-order valence-electron chi connectivity index (χ2n) is 7.03. The summed E-state index contributed by atoms with van der Waals surface area (Å²) in [4.78, 5) is 13.9. The third-order valence-electron chi connectivity index (χ3n) is 3.35. The van der Waals surface area contributed by atoms with Crippen LogP contribution in [0.1, 0.15) is 45.7 Å². The third kappa shape index (κ3) is 6.99. The van der Waals surface area contributed by atoms with Crippen molar-refractivity contribution < 1.29 is 13.9 Å². The lowest BCUT2D eigenvalue weighted by Gasteiger charge is -2.30. The van der Waals surface area contributed by atoms with Crippen LogP contribution in [0.25, 0.3) is 0 Å². The summed E-state index contributed by atoms with van der Waals surface area (Å²) in [5.41, 5.74) is 1.03. The van der Waals surface area contributed by atoms with E-state index >= 15 is 0 Å².